The molecule has 0 saturated heterocycles. The molecule has 0 unspecified atom stereocenters. The van der Waals surface area contributed by atoms with Gasteiger partial charge in [-0.3, -0.25) is 14.4 Å². The van der Waals surface area contributed by atoms with Crippen molar-refractivity contribution in [3.8, 4) is 0 Å². The highest BCUT2D eigenvalue weighted by Gasteiger charge is 2.10. The number of hydrogen-bond donors (Lipinski definition) is 0. The number of carbonyl (C=O) groups excluding carboxylic acids is 1. The van der Waals surface area contributed by atoms with Crippen LogP contribution in [-0.4, -0.2) is 54.6 Å². The summed E-state index contributed by atoms with van der Waals surface area (Å²) in [7, 11) is 4.96. The smallest absolute Gasteiger partial charge is 0.306 e. The van der Waals surface area contributed by atoms with Crippen LogP contribution in [0.2, 0.25) is 0 Å². The normalized spacial score (nSPS) is 10.9. The van der Waals surface area contributed by atoms with Crippen molar-refractivity contribution in [1.29, 1.82) is 0 Å². The van der Waals surface area contributed by atoms with E-state index in [0.717, 1.165) is 12.2 Å². The fraction of sp³-hybridized carbons (Fsp3) is 0.667. The molecule has 1 aromatic heterocycles. The molecule has 1 heterocycles. The molecule has 1 aromatic rings. The molecule has 0 aromatic carbocycles. The molecule has 102 valence electrons. The van der Waals surface area contributed by atoms with Gasteiger partial charge in [0.15, 0.2) is 0 Å². The maximum absolute atomic E-state index is 11.1. The number of esters is 1. The zero-order valence-corrected chi connectivity index (χ0v) is 11.3. The van der Waals surface area contributed by atoms with Crippen LogP contribution in [-0.2, 0) is 27.9 Å². The Morgan fingerprint density at radius 3 is 2.78 bits per heavy atom. The predicted octanol–water partition coefficient (Wildman–Crippen LogP) is 0.432. The first kappa shape index (κ1) is 14.7. The first-order chi connectivity index (χ1) is 8.65. The van der Waals surface area contributed by atoms with Gasteiger partial charge < -0.3 is 9.47 Å². The summed E-state index contributed by atoms with van der Waals surface area (Å²) in [5.41, 5.74) is 0.985. The van der Waals surface area contributed by atoms with E-state index in [-0.39, 0.29) is 5.97 Å². The minimum atomic E-state index is -0.196. The van der Waals surface area contributed by atoms with Gasteiger partial charge in [-0.2, -0.15) is 5.10 Å². The molecule has 0 N–H and O–H groups in total. The molecular weight excluding hydrogens is 234 g/mol. The van der Waals surface area contributed by atoms with E-state index in [1.165, 1.54) is 7.11 Å². The average Bonchev–Trinajstić information content (AvgIpc) is 2.77. The summed E-state index contributed by atoms with van der Waals surface area (Å²) in [6.45, 7) is 2.76. The fourth-order valence-corrected chi connectivity index (χ4v) is 1.62. The fourth-order valence-electron chi connectivity index (χ4n) is 1.62. The predicted molar refractivity (Wildman–Crippen MR) is 67.0 cm³/mol. The van der Waals surface area contributed by atoms with Crippen molar-refractivity contribution in [2.24, 2.45) is 7.05 Å². The molecule has 6 nitrogen and oxygen atoms in total. The van der Waals surface area contributed by atoms with Gasteiger partial charge in [0.1, 0.15) is 0 Å². The Labute approximate surface area is 107 Å². The molecule has 18 heavy (non-hydrogen) atoms. The van der Waals surface area contributed by atoms with Crippen molar-refractivity contribution in [3.05, 3.63) is 18.0 Å². The standard InChI is InChI=1S/C12H21N3O3/c1-14-6-4-11(13-14)10-15(8-9-17-2)7-5-12(16)18-3/h4,6H,5,7-10H2,1-3H3. The highest BCUT2D eigenvalue weighted by Crippen LogP contribution is 2.03. The number of ether oxygens (including phenoxy) is 2. The van der Waals surface area contributed by atoms with Gasteiger partial charge in [-0.25, -0.2) is 0 Å². The van der Waals surface area contributed by atoms with Crippen LogP contribution in [0.1, 0.15) is 12.1 Å². The second-order valence-corrected chi connectivity index (χ2v) is 4.08. The highest BCUT2D eigenvalue weighted by molar-refractivity contribution is 5.69. The van der Waals surface area contributed by atoms with E-state index in [1.54, 1.807) is 11.8 Å². The van der Waals surface area contributed by atoms with Crippen LogP contribution in [0, 0.1) is 0 Å². The Balaban J connectivity index is 2.46. The minimum Gasteiger partial charge on any atom is -0.469 e. The lowest BCUT2D eigenvalue weighted by Gasteiger charge is -2.20. The van der Waals surface area contributed by atoms with Crippen molar-refractivity contribution in [3.63, 3.8) is 0 Å². The monoisotopic (exact) mass is 255 g/mol. The van der Waals surface area contributed by atoms with E-state index in [9.17, 15) is 4.79 Å². The van der Waals surface area contributed by atoms with Crippen molar-refractivity contribution in [2.45, 2.75) is 13.0 Å². The van der Waals surface area contributed by atoms with Crippen molar-refractivity contribution in [2.75, 3.05) is 33.9 Å². The molecule has 6 heteroatoms. The lowest BCUT2D eigenvalue weighted by molar-refractivity contribution is -0.141. The first-order valence-electron chi connectivity index (χ1n) is 5.92. The van der Waals surface area contributed by atoms with E-state index in [0.29, 0.717) is 26.1 Å². The summed E-state index contributed by atoms with van der Waals surface area (Å²) < 4.78 is 11.5. The molecule has 0 atom stereocenters. The summed E-state index contributed by atoms with van der Waals surface area (Å²) in [5.74, 6) is -0.196. The summed E-state index contributed by atoms with van der Waals surface area (Å²) in [4.78, 5) is 13.3. The molecule has 0 spiro atoms. The van der Waals surface area contributed by atoms with Crippen molar-refractivity contribution >= 4 is 5.97 Å². The maximum atomic E-state index is 11.1. The molecule has 0 aliphatic carbocycles. The molecule has 0 amide bonds. The molecule has 0 radical (unpaired) electrons. The zero-order chi connectivity index (χ0) is 13.4. The van der Waals surface area contributed by atoms with Gasteiger partial charge in [0, 0.05) is 40.0 Å². The zero-order valence-electron chi connectivity index (χ0n) is 11.3. The first-order valence-corrected chi connectivity index (χ1v) is 5.92. The molecular formula is C12H21N3O3. The van der Waals surface area contributed by atoms with Crippen LogP contribution in [0.3, 0.4) is 0 Å². The number of methoxy groups -OCH3 is 2. The van der Waals surface area contributed by atoms with Gasteiger partial charge in [0.25, 0.3) is 0 Å². The number of aryl methyl sites for hydroxylation is 1. The number of aromatic nitrogens is 2. The molecule has 1 rings (SSSR count). The molecule has 0 bridgehead atoms. The van der Waals surface area contributed by atoms with E-state index < -0.39 is 0 Å². The van der Waals surface area contributed by atoms with Crippen molar-refractivity contribution in [1.82, 2.24) is 14.7 Å². The second-order valence-electron chi connectivity index (χ2n) is 4.08. The van der Waals surface area contributed by atoms with E-state index in [4.69, 9.17) is 4.74 Å². The lowest BCUT2D eigenvalue weighted by atomic mass is 10.3. The van der Waals surface area contributed by atoms with Crippen LogP contribution in [0.15, 0.2) is 12.3 Å². The second kappa shape index (κ2) is 7.84. The van der Waals surface area contributed by atoms with Gasteiger partial charge >= 0.3 is 5.97 Å². The summed E-state index contributed by atoms with van der Waals surface area (Å²) in [6.07, 6.45) is 2.29. The molecule has 0 fully saturated rings. The van der Waals surface area contributed by atoms with Gasteiger partial charge in [-0.05, 0) is 6.07 Å². The summed E-state index contributed by atoms with van der Waals surface area (Å²) in [5, 5.41) is 4.32. The third-order valence-electron chi connectivity index (χ3n) is 2.63. The van der Waals surface area contributed by atoms with Crippen LogP contribution in [0.25, 0.3) is 0 Å². The third kappa shape index (κ3) is 5.29. The van der Waals surface area contributed by atoms with Crippen LogP contribution in [0.5, 0.6) is 0 Å². The Kier molecular flexibility index (Phi) is 6.38. The van der Waals surface area contributed by atoms with E-state index in [1.807, 2.05) is 19.3 Å². The molecule has 0 saturated carbocycles. The summed E-state index contributed by atoms with van der Waals surface area (Å²) >= 11 is 0. The largest absolute Gasteiger partial charge is 0.469 e. The lowest BCUT2D eigenvalue weighted by Crippen LogP contribution is -2.29. The van der Waals surface area contributed by atoms with Gasteiger partial charge in [0.05, 0.1) is 25.8 Å². The minimum absolute atomic E-state index is 0.196. The highest BCUT2D eigenvalue weighted by atomic mass is 16.5. The van der Waals surface area contributed by atoms with E-state index in [2.05, 4.69) is 14.7 Å². The van der Waals surface area contributed by atoms with Crippen LogP contribution in [0.4, 0.5) is 0 Å². The Hall–Kier alpha value is -1.40. The van der Waals surface area contributed by atoms with Crippen LogP contribution < -0.4 is 0 Å². The number of nitrogens with zero attached hydrogens (tertiary/aromatic N) is 3. The van der Waals surface area contributed by atoms with Gasteiger partial charge in [-0.15, -0.1) is 0 Å². The van der Waals surface area contributed by atoms with Crippen LogP contribution >= 0.6 is 0 Å². The van der Waals surface area contributed by atoms with Gasteiger partial charge in [-0.1, -0.05) is 0 Å². The molecule has 0 aliphatic heterocycles. The SMILES string of the molecule is COCCN(CCC(=O)OC)Cc1ccn(C)n1. The Morgan fingerprint density at radius 1 is 1.44 bits per heavy atom. The Morgan fingerprint density at radius 2 is 2.22 bits per heavy atom. The number of carbonyl (C=O) groups is 1. The Bertz CT molecular complexity index is 365. The molecule has 0 aliphatic rings. The van der Waals surface area contributed by atoms with E-state index >= 15 is 0 Å². The topological polar surface area (TPSA) is 56.6 Å². The number of rotatable bonds is 8. The maximum Gasteiger partial charge on any atom is 0.306 e. The van der Waals surface area contributed by atoms with Crippen molar-refractivity contribution < 1.29 is 14.3 Å². The summed E-state index contributed by atoms with van der Waals surface area (Å²) in [6, 6.07) is 1.97. The third-order valence-corrected chi connectivity index (χ3v) is 2.63. The number of hydrogen-bond acceptors (Lipinski definition) is 5. The average molecular weight is 255 g/mol. The van der Waals surface area contributed by atoms with Gasteiger partial charge in [0.2, 0.25) is 0 Å². The quantitative estimate of drug-likeness (QED) is 0.631.